The first-order valence-corrected chi connectivity index (χ1v) is 33.3. The van der Waals surface area contributed by atoms with Gasteiger partial charge in [-0.15, -0.1) is 0 Å². The summed E-state index contributed by atoms with van der Waals surface area (Å²) < 4.78 is 16.9. The molecular weight excluding hydrogens is 1020 g/mol. The van der Waals surface area contributed by atoms with E-state index in [9.17, 15) is 14.4 Å². The van der Waals surface area contributed by atoms with E-state index < -0.39 is 6.10 Å². The Morgan fingerprint density at radius 2 is 0.494 bits per heavy atom. The van der Waals surface area contributed by atoms with Crippen molar-refractivity contribution in [3.8, 4) is 0 Å². The largest absolute Gasteiger partial charge is 0.462 e. The molecule has 1 unspecified atom stereocenters. The molecule has 0 spiro atoms. The highest BCUT2D eigenvalue weighted by Crippen LogP contribution is 2.14. The molecule has 0 aromatic carbocycles. The third-order valence-corrected chi connectivity index (χ3v) is 13.4. The summed E-state index contributed by atoms with van der Waals surface area (Å²) in [4.78, 5) is 38.4. The minimum Gasteiger partial charge on any atom is -0.462 e. The van der Waals surface area contributed by atoms with E-state index in [4.69, 9.17) is 14.2 Å². The van der Waals surface area contributed by atoms with Crippen LogP contribution in [0.5, 0.6) is 0 Å². The quantitative estimate of drug-likeness (QED) is 0.0261. The molecule has 0 aliphatic heterocycles. The monoisotopic (exact) mass is 1140 g/mol. The van der Waals surface area contributed by atoms with Crippen LogP contribution in [0.1, 0.15) is 265 Å². The number of esters is 3. The van der Waals surface area contributed by atoms with Gasteiger partial charge in [-0.25, -0.2) is 0 Å². The van der Waals surface area contributed by atoms with E-state index in [-0.39, 0.29) is 44.0 Å². The van der Waals surface area contributed by atoms with Crippen molar-refractivity contribution in [1.29, 1.82) is 0 Å². The second kappa shape index (κ2) is 69.0. The lowest BCUT2D eigenvalue weighted by Gasteiger charge is -2.18. The van der Waals surface area contributed by atoms with Gasteiger partial charge < -0.3 is 14.2 Å². The van der Waals surface area contributed by atoms with E-state index in [0.717, 1.165) is 148 Å². The second-order valence-electron chi connectivity index (χ2n) is 21.3. The molecule has 1 atom stereocenters. The highest BCUT2D eigenvalue weighted by molar-refractivity contribution is 5.71. The first kappa shape index (κ1) is 77.5. The summed E-state index contributed by atoms with van der Waals surface area (Å²) in [5.41, 5.74) is 0. The van der Waals surface area contributed by atoms with E-state index in [2.05, 4.69) is 197 Å². The topological polar surface area (TPSA) is 78.9 Å². The van der Waals surface area contributed by atoms with Crippen molar-refractivity contribution < 1.29 is 28.6 Å². The lowest BCUT2D eigenvalue weighted by Crippen LogP contribution is -2.30. The lowest BCUT2D eigenvalue weighted by molar-refractivity contribution is -0.166. The highest BCUT2D eigenvalue weighted by Gasteiger charge is 2.19. The molecule has 0 aliphatic rings. The summed E-state index contributed by atoms with van der Waals surface area (Å²) >= 11 is 0. The van der Waals surface area contributed by atoms with Gasteiger partial charge in [0.15, 0.2) is 6.10 Å². The summed E-state index contributed by atoms with van der Waals surface area (Å²) in [5.74, 6) is -1.05. The Bertz CT molecular complexity index is 1940. The van der Waals surface area contributed by atoms with E-state index in [1.165, 1.54) is 70.6 Å². The van der Waals surface area contributed by atoms with Gasteiger partial charge in [-0.3, -0.25) is 14.4 Å². The molecule has 6 heteroatoms. The zero-order chi connectivity index (χ0) is 59.9. The molecular formula is C77H120O6. The second-order valence-corrected chi connectivity index (χ2v) is 21.3. The van der Waals surface area contributed by atoms with E-state index in [0.29, 0.717) is 12.8 Å². The van der Waals surface area contributed by atoms with Gasteiger partial charge in [-0.05, 0) is 148 Å². The molecule has 0 aromatic heterocycles. The summed E-state index contributed by atoms with van der Waals surface area (Å²) in [7, 11) is 0. The van der Waals surface area contributed by atoms with Crippen molar-refractivity contribution in [2.75, 3.05) is 13.2 Å². The Labute approximate surface area is 510 Å². The van der Waals surface area contributed by atoms with Crippen LogP contribution in [-0.4, -0.2) is 37.2 Å². The SMILES string of the molecule is CC/C=C\C/C=C\C/C=C\C/C=C\C/C=C\C/C=C\CCCCCCC(=O)OCC(COC(=O)CC/C=C\C/C=C\C/C=C\C/C=C\C/C=C\C/C=C\CC)OC(=O)CCCCCCCCCC/C=C\C/C=C\C/C=C\CCCCCCC. The number of rotatable bonds is 58. The van der Waals surface area contributed by atoms with Gasteiger partial charge in [0.2, 0.25) is 0 Å². The van der Waals surface area contributed by atoms with Gasteiger partial charge in [-0.1, -0.05) is 280 Å². The minimum atomic E-state index is -0.837. The summed E-state index contributed by atoms with van der Waals surface area (Å²) in [6, 6.07) is 0. The number of unbranched alkanes of at least 4 members (excludes halogenated alkanes) is 17. The highest BCUT2D eigenvalue weighted by atomic mass is 16.6. The van der Waals surface area contributed by atoms with Crippen molar-refractivity contribution in [2.24, 2.45) is 0 Å². The number of hydrogen-bond donors (Lipinski definition) is 0. The molecule has 0 aromatic rings. The van der Waals surface area contributed by atoms with E-state index in [1.807, 2.05) is 6.08 Å². The third kappa shape index (κ3) is 67.2. The van der Waals surface area contributed by atoms with Gasteiger partial charge in [0.25, 0.3) is 0 Å². The Morgan fingerprint density at radius 1 is 0.253 bits per heavy atom. The van der Waals surface area contributed by atoms with Crippen LogP contribution in [0.25, 0.3) is 0 Å². The van der Waals surface area contributed by atoms with Gasteiger partial charge in [0.1, 0.15) is 13.2 Å². The Hall–Kier alpha value is -5.49. The Balaban J connectivity index is 4.59. The van der Waals surface area contributed by atoms with Crippen LogP contribution in [0.2, 0.25) is 0 Å². The van der Waals surface area contributed by atoms with Crippen molar-refractivity contribution in [1.82, 2.24) is 0 Å². The smallest absolute Gasteiger partial charge is 0.306 e. The number of carbonyl (C=O) groups excluding carboxylic acids is 3. The third-order valence-electron chi connectivity index (χ3n) is 13.4. The first-order valence-electron chi connectivity index (χ1n) is 33.3. The maximum atomic E-state index is 13.0. The fourth-order valence-corrected chi connectivity index (χ4v) is 8.48. The number of ether oxygens (including phenoxy) is 3. The predicted octanol–water partition coefficient (Wildman–Crippen LogP) is 23.2. The molecule has 6 nitrogen and oxygen atoms in total. The molecule has 0 N–H and O–H groups in total. The average molecular weight is 1140 g/mol. The molecule has 0 fully saturated rings. The molecule has 83 heavy (non-hydrogen) atoms. The Kier molecular flexibility index (Phi) is 64.4. The summed E-state index contributed by atoms with van der Waals surface area (Å²) in [6.07, 6.45) is 103. The molecule has 0 radical (unpaired) electrons. The van der Waals surface area contributed by atoms with E-state index in [1.54, 1.807) is 0 Å². The first-order chi connectivity index (χ1) is 41.0. The van der Waals surface area contributed by atoms with Crippen LogP contribution in [0, 0.1) is 0 Å². The number of allylic oxidation sites excluding steroid dienone is 30. The number of carbonyl (C=O) groups is 3. The van der Waals surface area contributed by atoms with Gasteiger partial charge in [0, 0.05) is 19.3 Å². The molecule has 0 saturated heterocycles. The van der Waals surface area contributed by atoms with E-state index >= 15 is 0 Å². The van der Waals surface area contributed by atoms with Gasteiger partial charge in [0.05, 0.1) is 0 Å². The fraction of sp³-hybridized carbons (Fsp3) is 0.571. The molecule has 0 saturated carbocycles. The predicted molar refractivity (Wildman–Crippen MR) is 361 cm³/mol. The Morgan fingerprint density at radius 3 is 0.807 bits per heavy atom. The van der Waals surface area contributed by atoms with Crippen LogP contribution in [0.3, 0.4) is 0 Å². The van der Waals surface area contributed by atoms with Crippen LogP contribution in [0.4, 0.5) is 0 Å². The van der Waals surface area contributed by atoms with Crippen LogP contribution < -0.4 is 0 Å². The lowest BCUT2D eigenvalue weighted by atomic mass is 10.1. The maximum Gasteiger partial charge on any atom is 0.306 e. The molecule has 0 aliphatic carbocycles. The van der Waals surface area contributed by atoms with Crippen molar-refractivity contribution >= 4 is 17.9 Å². The zero-order valence-electron chi connectivity index (χ0n) is 53.1. The number of hydrogen-bond acceptors (Lipinski definition) is 6. The molecule has 0 heterocycles. The van der Waals surface area contributed by atoms with Crippen molar-refractivity contribution in [2.45, 2.75) is 271 Å². The molecule has 0 amide bonds. The van der Waals surface area contributed by atoms with Gasteiger partial charge in [-0.2, -0.15) is 0 Å². The van der Waals surface area contributed by atoms with Crippen molar-refractivity contribution in [3.05, 3.63) is 182 Å². The van der Waals surface area contributed by atoms with Crippen LogP contribution in [0.15, 0.2) is 182 Å². The zero-order valence-corrected chi connectivity index (χ0v) is 53.1. The average Bonchev–Trinajstić information content (AvgIpc) is 3.49. The maximum absolute atomic E-state index is 13.0. The summed E-state index contributed by atoms with van der Waals surface area (Å²) in [6.45, 7) is 6.31. The minimum absolute atomic E-state index is 0.127. The van der Waals surface area contributed by atoms with Crippen molar-refractivity contribution in [3.63, 3.8) is 0 Å². The van der Waals surface area contributed by atoms with Crippen LogP contribution in [-0.2, 0) is 28.6 Å². The summed E-state index contributed by atoms with van der Waals surface area (Å²) in [5, 5.41) is 0. The fourth-order valence-electron chi connectivity index (χ4n) is 8.48. The normalized spacial score (nSPS) is 13.3. The molecule has 0 rings (SSSR count). The molecule has 0 bridgehead atoms. The van der Waals surface area contributed by atoms with Crippen LogP contribution >= 0.6 is 0 Å². The molecule has 464 valence electrons. The standard InChI is InChI=1S/C77H120O6/c1-4-7-10-13-16-19-22-25-28-31-34-36-38-40-43-46-49-52-55-58-61-64-67-70-76(79)82-73-74(72-81-75(78)69-66-63-60-57-54-51-48-45-42-33-30-27-24-21-18-15-12-9-6-3)83-77(80)71-68-65-62-59-56-53-50-47-44-41-39-37-35-32-29-26-23-20-17-14-11-8-5-2/h7,9-10,12,16,18-19,21,23,25-28,30,32,34-36,39-43,45,49,51-52,54,60,63,74H,4-6,8,11,13-15,17,20,22,24,29,31,33,37-38,44,46-48,50,53,55-59,61-62,64-73H2,1-3H3/b10-7-,12-9-,19-16-,21-18-,26-23-,28-25-,30-27-,35-32-,36-34-,41-39-,43-40-,45-42-,52-49-,54-51-,63-60-. The van der Waals surface area contributed by atoms with Gasteiger partial charge >= 0.3 is 17.9 Å².